The molecule has 1 fully saturated rings. The Balaban J connectivity index is 0.00000200. The Hall–Kier alpha value is -0.740. The Bertz CT molecular complexity index is 605. The first kappa shape index (κ1) is 17.3. The highest BCUT2D eigenvalue weighted by Gasteiger charge is 2.32. The highest BCUT2D eigenvalue weighted by Crippen LogP contribution is 2.29. The van der Waals surface area contributed by atoms with Crippen molar-refractivity contribution in [3.05, 3.63) is 32.8 Å². The standard InChI is InChI=1S/C10H12BrN3O4S.ClH/c11-8-1-2-10(9(7-8)14(15)16)19(17,18)13-5-3-12-4-6-13;/h1-2,7,12H,3-6H2;1H. The first-order valence-corrected chi connectivity index (χ1v) is 7.81. The van der Waals surface area contributed by atoms with Crippen molar-refractivity contribution >= 4 is 44.0 Å². The van der Waals surface area contributed by atoms with Crippen LogP contribution in [-0.4, -0.2) is 43.8 Å². The lowest BCUT2D eigenvalue weighted by Crippen LogP contribution is -2.46. The van der Waals surface area contributed by atoms with Crippen molar-refractivity contribution in [2.24, 2.45) is 0 Å². The summed E-state index contributed by atoms with van der Waals surface area (Å²) in [5.74, 6) is 0. The average molecular weight is 387 g/mol. The van der Waals surface area contributed by atoms with Crippen LogP contribution in [0.3, 0.4) is 0 Å². The van der Waals surface area contributed by atoms with Crippen LogP contribution in [0.2, 0.25) is 0 Å². The van der Waals surface area contributed by atoms with Crippen LogP contribution in [-0.2, 0) is 10.0 Å². The minimum atomic E-state index is -3.82. The topological polar surface area (TPSA) is 92.5 Å². The zero-order valence-electron chi connectivity index (χ0n) is 10.3. The van der Waals surface area contributed by atoms with Crippen molar-refractivity contribution in [1.29, 1.82) is 0 Å². The summed E-state index contributed by atoms with van der Waals surface area (Å²) in [4.78, 5) is 10.1. The number of piperazine rings is 1. The predicted octanol–water partition coefficient (Wildman–Crippen LogP) is 1.37. The highest BCUT2D eigenvalue weighted by molar-refractivity contribution is 9.10. The monoisotopic (exact) mass is 385 g/mol. The van der Waals surface area contributed by atoms with Crippen LogP contribution in [0.5, 0.6) is 0 Å². The second kappa shape index (κ2) is 6.81. The molecule has 1 N–H and O–H groups in total. The van der Waals surface area contributed by atoms with E-state index in [0.717, 1.165) is 0 Å². The Kier molecular flexibility index (Phi) is 5.90. The van der Waals surface area contributed by atoms with Gasteiger partial charge in [0.25, 0.3) is 5.69 Å². The van der Waals surface area contributed by atoms with E-state index in [0.29, 0.717) is 30.7 Å². The SMILES string of the molecule is Cl.O=[N+]([O-])c1cc(Br)ccc1S(=O)(=O)N1CCNCC1. The maximum absolute atomic E-state index is 12.4. The van der Waals surface area contributed by atoms with Gasteiger partial charge < -0.3 is 5.32 Å². The summed E-state index contributed by atoms with van der Waals surface area (Å²) in [7, 11) is -3.82. The van der Waals surface area contributed by atoms with Crippen molar-refractivity contribution in [1.82, 2.24) is 9.62 Å². The third kappa shape index (κ3) is 3.47. The second-order valence-electron chi connectivity index (χ2n) is 4.02. The molecule has 1 aromatic rings. The molecule has 2 rings (SSSR count). The molecule has 1 aromatic carbocycles. The van der Waals surface area contributed by atoms with Gasteiger partial charge in [-0.3, -0.25) is 10.1 Å². The molecule has 0 aromatic heterocycles. The molecule has 0 atom stereocenters. The zero-order chi connectivity index (χ0) is 14.0. The Labute approximate surface area is 131 Å². The number of nitrogens with zero attached hydrogens (tertiary/aromatic N) is 2. The fourth-order valence-corrected chi connectivity index (χ4v) is 3.80. The van der Waals surface area contributed by atoms with Gasteiger partial charge in [0.1, 0.15) is 0 Å². The minimum absolute atomic E-state index is 0. The van der Waals surface area contributed by atoms with Gasteiger partial charge in [-0.1, -0.05) is 15.9 Å². The molecule has 7 nitrogen and oxygen atoms in total. The number of nitro benzene ring substituents is 1. The largest absolute Gasteiger partial charge is 0.314 e. The molecule has 0 bridgehead atoms. The van der Waals surface area contributed by atoms with Gasteiger partial charge in [-0.15, -0.1) is 12.4 Å². The summed E-state index contributed by atoms with van der Waals surface area (Å²) in [6.07, 6.45) is 0. The normalized spacial score (nSPS) is 16.4. The molecule has 20 heavy (non-hydrogen) atoms. The molecule has 1 aliphatic heterocycles. The fourth-order valence-electron chi connectivity index (χ4n) is 1.88. The molecule has 1 aliphatic rings. The van der Waals surface area contributed by atoms with E-state index >= 15 is 0 Å². The summed E-state index contributed by atoms with van der Waals surface area (Å²) in [6, 6.07) is 3.96. The Morgan fingerprint density at radius 3 is 2.45 bits per heavy atom. The number of hydrogen-bond donors (Lipinski definition) is 1. The molecule has 0 spiro atoms. The van der Waals surface area contributed by atoms with Crippen LogP contribution < -0.4 is 5.32 Å². The van der Waals surface area contributed by atoms with E-state index < -0.39 is 20.6 Å². The molecular weight excluding hydrogens is 374 g/mol. The first-order chi connectivity index (χ1) is 8.93. The van der Waals surface area contributed by atoms with E-state index in [1.807, 2.05) is 0 Å². The number of nitrogens with one attached hydrogen (secondary N) is 1. The van der Waals surface area contributed by atoms with Gasteiger partial charge in [0.2, 0.25) is 10.0 Å². The van der Waals surface area contributed by atoms with E-state index in [1.54, 1.807) is 0 Å². The summed E-state index contributed by atoms with van der Waals surface area (Å²) in [6.45, 7) is 1.72. The smallest absolute Gasteiger partial charge is 0.290 e. The fraction of sp³-hybridized carbons (Fsp3) is 0.400. The molecule has 0 aliphatic carbocycles. The third-order valence-electron chi connectivity index (χ3n) is 2.81. The summed E-state index contributed by atoms with van der Waals surface area (Å²) in [5.41, 5.74) is -0.409. The number of nitro groups is 1. The molecule has 1 heterocycles. The van der Waals surface area contributed by atoms with Crippen LogP contribution >= 0.6 is 28.3 Å². The molecule has 112 valence electrons. The average Bonchev–Trinajstić information content (AvgIpc) is 2.39. The number of rotatable bonds is 3. The van der Waals surface area contributed by atoms with Gasteiger partial charge in [-0.05, 0) is 12.1 Å². The van der Waals surface area contributed by atoms with Crippen molar-refractivity contribution in [2.45, 2.75) is 4.90 Å². The zero-order valence-corrected chi connectivity index (χ0v) is 13.5. The molecular formula is C10H13BrClN3O4S. The highest BCUT2D eigenvalue weighted by atomic mass is 79.9. The van der Waals surface area contributed by atoms with Crippen LogP contribution in [0, 0.1) is 10.1 Å². The van der Waals surface area contributed by atoms with Gasteiger partial charge in [-0.25, -0.2) is 8.42 Å². The van der Waals surface area contributed by atoms with Crippen molar-refractivity contribution < 1.29 is 13.3 Å². The van der Waals surface area contributed by atoms with Crippen LogP contribution in [0.4, 0.5) is 5.69 Å². The number of sulfonamides is 1. The third-order valence-corrected chi connectivity index (χ3v) is 5.25. The van der Waals surface area contributed by atoms with E-state index in [2.05, 4.69) is 21.2 Å². The summed E-state index contributed by atoms with van der Waals surface area (Å²) in [5, 5.41) is 14.0. The van der Waals surface area contributed by atoms with Crippen LogP contribution in [0.15, 0.2) is 27.6 Å². The first-order valence-electron chi connectivity index (χ1n) is 5.58. The van der Waals surface area contributed by atoms with Crippen molar-refractivity contribution in [3.8, 4) is 0 Å². The van der Waals surface area contributed by atoms with E-state index in [9.17, 15) is 18.5 Å². The Morgan fingerprint density at radius 2 is 1.90 bits per heavy atom. The van der Waals surface area contributed by atoms with Gasteiger partial charge in [0.15, 0.2) is 4.90 Å². The predicted molar refractivity (Wildman–Crippen MR) is 79.7 cm³/mol. The molecule has 0 saturated carbocycles. The molecule has 1 saturated heterocycles. The van der Waals surface area contributed by atoms with Crippen molar-refractivity contribution in [2.75, 3.05) is 26.2 Å². The molecule has 0 unspecified atom stereocenters. The van der Waals surface area contributed by atoms with Gasteiger partial charge in [0, 0.05) is 36.7 Å². The van der Waals surface area contributed by atoms with Gasteiger partial charge in [0.05, 0.1) is 4.92 Å². The van der Waals surface area contributed by atoms with Crippen LogP contribution in [0.1, 0.15) is 0 Å². The maximum atomic E-state index is 12.4. The molecule has 0 amide bonds. The second-order valence-corrected chi connectivity index (χ2v) is 6.85. The quantitative estimate of drug-likeness (QED) is 0.626. The number of halogens is 2. The lowest BCUT2D eigenvalue weighted by Gasteiger charge is -2.26. The number of benzene rings is 1. The number of hydrogen-bond acceptors (Lipinski definition) is 5. The summed E-state index contributed by atoms with van der Waals surface area (Å²) >= 11 is 3.10. The molecule has 10 heteroatoms. The summed E-state index contributed by atoms with van der Waals surface area (Å²) < 4.78 is 26.5. The Morgan fingerprint density at radius 1 is 1.30 bits per heavy atom. The lowest BCUT2D eigenvalue weighted by atomic mass is 10.3. The minimum Gasteiger partial charge on any atom is -0.314 e. The maximum Gasteiger partial charge on any atom is 0.290 e. The lowest BCUT2D eigenvalue weighted by molar-refractivity contribution is -0.387. The van der Waals surface area contributed by atoms with E-state index in [-0.39, 0.29) is 17.3 Å². The molecule has 0 radical (unpaired) electrons. The van der Waals surface area contributed by atoms with Gasteiger partial charge in [-0.2, -0.15) is 4.31 Å². The van der Waals surface area contributed by atoms with Gasteiger partial charge >= 0.3 is 0 Å². The van der Waals surface area contributed by atoms with Crippen LogP contribution in [0.25, 0.3) is 0 Å². The van der Waals surface area contributed by atoms with Crippen molar-refractivity contribution in [3.63, 3.8) is 0 Å². The van der Waals surface area contributed by atoms with E-state index in [1.165, 1.54) is 22.5 Å². The van der Waals surface area contributed by atoms with E-state index in [4.69, 9.17) is 0 Å².